The number of sulfonamides is 1. The molecule has 1 aliphatic rings. The summed E-state index contributed by atoms with van der Waals surface area (Å²) in [6.45, 7) is 2.89. The number of ether oxygens (including phenoxy) is 1. The van der Waals surface area contributed by atoms with Gasteiger partial charge in [0, 0.05) is 26.3 Å². The fraction of sp³-hybridized carbons (Fsp3) is 0.562. The molecule has 1 aliphatic heterocycles. The van der Waals surface area contributed by atoms with Gasteiger partial charge in [0.05, 0.1) is 16.6 Å². The van der Waals surface area contributed by atoms with E-state index in [2.05, 4.69) is 10.0 Å². The minimum atomic E-state index is -3.79. The average molecular weight is 374 g/mol. The Morgan fingerprint density at radius 3 is 2.72 bits per heavy atom. The number of carbonyl (C=O) groups excluding carboxylic acids is 1. The van der Waals surface area contributed by atoms with Crippen molar-refractivity contribution in [2.24, 2.45) is 5.92 Å². The van der Waals surface area contributed by atoms with Gasteiger partial charge in [-0.05, 0) is 37.0 Å². The fourth-order valence-electron chi connectivity index (χ4n) is 2.68. The Kier molecular flexibility index (Phi) is 6.88. The van der Waals surface area contributed by atoms with Crippen molar-refractivity contribution in [2.75, 3.05) is 26.3 Å². The third kappa shape index (κ3) is 5.21. The highest BCUT2D eigenvalue weighted by molar-refractivity contribution is 7.89. The lowest BCUT2D eigenvalue weighted by Gasteiger charge is -2.26. The molecule has 1 aromatic rings. The van der Waals surface area contributed by atoms with Gasteiger partial charge in [-0.3, -0.25) is 4.79 Å². The number of amides is 1. The molecule has 1 amide bonds. The van der Waals surface area contributed by atoms with Crippen molar-refractivity contribution in [2.45, 2.75) is 30.8 Å². The zero-order chi connectivity index (χ0) is 18.4. The predicted octanol–water partition coefficient (Wildman–Crippen LogP) is 0.641. The monoisotopic (exact) mass is 374 g/mol. The second-order valence-corrected chi connectivity index (χ2v) is 7.64. The van der Waals surface area contributed by atoms with Gasteiger partial charge in [-0.1, -0.05) is 6.92 Å². The third-order valence-electron chi connectivity index (χ3n) is 4.11. The standard InChI is InChI=1S/C16H23FN2O5S/c1-2-19-25(22,23)12-3-4-14(17)13(9-12)16(21)18-10-15(20)11-5-7-24-8-6-11/h3-4,9,11,15,19-20H,2,5-8,10H2,1H3,(H,18,21)/t15-/m0/s1. The zero-order valence-corrected chi connectivity index (χ0v) is 14.8. The van der Waals surface area contributed by atoms with Crippen LogP contribution in [0.1, 0.15) is 30.1 Å². The molecule has 1 saturated heterocycles. The molecule has 9 heteroatoms. The van der Waals surface area contributed by atoms with E-state index in [0.29, 0.717) is 26.1 Å². The first-order valence-corrected chi connectivity index (χ1v) is 9.66. The zero-order valence-electron chi connectivity index (χ0n) is 14.0. The van der Waals surface area contributed by atoms with E-state index in [-0.39, 0.29) is 29.5 Å². The van der Waals surface area contributed by atoms with Crippen LogP contribution in [-0.2, 0) is 14.8 Å². The maximum atomic E-state index is 13.9. The average Bonchev–Trinajstić information content (AvgIpc) is 2.60. The van der Waals surface area contributed by atoms with Gasteiger partial charge in [-0.2, -0.15) is 0 Å². The quantitative estimate of drug-likeness (QED) is 0.650. The highest BCUT2D eigenvalue weighted by Gasteiger charge is 2.24. The van der Waals surface area contributed by atoms with Gasteiger partial charge >= 0.3 is 0 Å². The third-order valence-corrected chi connectivity index (χ3v) is 5.65. The Morgan fingerprint density at radius 2 is 2.08 bits per heavy atom. The van der Waals surface area contributed by atoms with Gasteiger partial charge < -0.3 is 15.2 Å². The van der Waals surface area contributed by atoms with Crippen molar-refractivity contribution in [3.63, 3.8) is 0 Å². The van der Waals surface area contributed by atoms with Crippen LogP contribution in [0.3, 0.4) is 0 Å². The molecule has 1 atom stereocenters. The molecule has 2 rings (SSSR count). The van der Waals surface area contributed by atoms with Crippen LogP contribution in [0.5, 0.6) is 0 Å². The number of halogens is 1. The fourth-order valence-corrected chi connectivity index (χ4v) is 3.75. The van der Waals surface area contributed by atoms with Crippen molar-refractivity contribution in [1.29, 1.82) is 0 Å². The Labute approximate surface area is 146 Å². The van der Waals surface area contributed by atoms with Crippen LogP contribution in [0.25, 0.3) is 0 Å². The molecule has 7 nitrogen and oxygen atoms in total. The molecule has 0 saturated carbocycles. The number of hydrogen-bond acceptors (Lipinski definition) is 5. The van der Waals surface area contributed by atoms with E-state index in [1.165, 1.54) is 0 Å². The van der Waals surface area contributed by atoms with Gasteiger partial charge in [0.1, 0.15) is 5.82 Å². The largest absolute Gasteiger partial charge is 0.391 e. The second kappa shape index (κ2) is 8.70. The molecule has 3 N–H and O–H groups in total. The number of carbonyl (C=O) groups is 1. The molecular weight excluding hydrogens is 351 g/mol. The molecule has 0 unspecified atom stereocenters. The van der Waals surface area contributed by atoms with Crippen molar-refractivity contribution < 1.29 is 27.4 Å². The number of aliphatic hydroxyl groups excluding tert-OH is 1. The first-order chi connectivity index (χ1) is 11.8. The van der Waals surface area contributed by atoms with Crippen molar-refractivity contribution >= 4 is 15.9 Å². The van der Waals surface area contributed by atoms with Crippen LogP contribution in [-0.4, -0.2) is 51.8 Å². The maximum absolute atomic E-state index is 13.9. The lowest BCUT2D eigenvalue weighted by Crippen LogP contribution is -2.38. The van der Waals surface area contributed by atoms with Crippen LogP contribution in [0.4, 0.5) is 4.39 Å². The van der Waals surface area contributed by atoms with Crippen LogP contribution < -0.4 is 10.0 Å². The minimum Gasteiger partial charge on any atom is -0.391 e. The summed E-state index contributed by atoms with van der Waals surface area (Å²) in [7, 11) is -3.79. The summed E-state index contributed by atoms with van der Waals surface area (Å²) in [5, 5.41) is 12.6. The molecule has 1 heterocycles. The highest BCUT2D eigenvalue weighted by atomic mass is 32.2. The highest BCUT2D eigenvalue weighted by Crippen LogP contribution is 2.19. The van der Waals surface area contributed by atoms with E-state index in [9.17, 15) is 22.7 Å². The number of hydrogen-bond donors (Lipinski definition) is 3. The maximum Gasteiger partial charge on any atom is 0.254 e. The number of aliphatic hydroxyl groups is 1. The minimum absolute atomic E-state index is 0.0133. The van der Waals surface area contributed by atoms with E-state index in [4.69, 9.17) is 4.74 Å². The van der Waals surface area contributed by atoms with E-state index < -0.39 is 27.9 Å². The number of benzene rings is 1. The first kappa shape index (κ1) is 19.8. The van der Waals surface area contributed by atoms with E-state index in [1.807, 2.05) is 0 Å². The topological polar surface area (TPSA) is 105 Å². The second-order valence-electron chi connectivity index (χ2n) is 5.87. The van der Waals surface area contributed by atoms with Crippen LogP contribution >= 0.6 is 0 Å². The lowest BCUT2D eigenvalue weighted by molar-refractivity contribution is 0.00871. The number of rotatable bonds is 7. The summed E-state index contributed by atoms with van der Waals surface area (Å²) in [4.78, 5) is 12.0. The van der Waals surface area contributed by atoms with Crippen molar-refractivity contribution in [1.82, 2.24) is 10.0 Å². The molecule has 0 bridgehead atoms. The van der Waals surface area contributed by atoms with E-state index >= 15 is 0 Å². The first-order valence-electron chi connectivity index (χ1n) is 8.18. The van der Waals surface area contributed by atoms with Gasteiger partial charge in [0.2, 0.25) is 10.0 Å². The SMILES string of the molecule is CCNS(=O)(=O)c1ccc(F)c(C(=O)NC[C@H](O)C2CCOCC2)c1. The van der Waals surface area contributed by atoms with Crippen molar-refractivity contribution in [3.8, 4) is 0 Å². The summed E-state index contributed by atoms with van der Waals surface area (Å²) in [6, 6.07) is 3.03. The van der Waals surface area contributed by atoms with Gasteiger partial charge in [-0.15, -0.1) is 0 Å². The smallest absolute Gasteiger partial charge is 0.254 e. The molecule has 0 spiro atoms. The summed E-state index contributed by atoms with van der Waals surface area (Å²) < 4.78 is 45.4. The normalized spacial score (nSPS) is 17.2. The lowest BCUT2D eigenvalue weighted by atomic mass is 9.94. The molecule has 1 aromatic carbocycles. The van der Waals surface area contributed by atoms with Crippen LogP contribution in [0.15, 0.2) is 23.1 Å². The Morgan fingerprint density at radius 1 is 1.40 bits per heavy atom. The molecule has 0 radical (unpaired) electrons. The summed E-state index contributed by atoms with van der Waals surface area (Å²) >= 11 is 0. The van der Waals surface area contributed by atoms with Gasteiger partial charge in [-0.25, -0.2) is 17.5 Å². The van der Waals surface area contributed by atoms with Crippen molar-refractivity contribution in [3.05, 3.63) is 29.6 Å². The van der Waals surface area contributed by atoms with E-state index in [1.54, 1.807) is 6.92 Å². The Balaban J connectivity index is 2.05. The van der Waals surface area contributed by atoms with Crippen LogP contribution in [0.2, 0.25) is 0 Å². The predicted molar refractivity (Wildman–Crippen MR) is 89.1 cm³/mol. The molecule has 0 aliphatic carbocycles. The Bertz CT molecular complexity index is 704. The molecule has 25 heavy (non-hydrogen) atoms. The summed E-state index contributed by atoms with van der Waals surface area (Å²) in [6.07, 6.45) is 0.633. The number of nitrogens with one attached hydrogen (secondary N) is 2. The van der Waals surface area contributed by atoms with Crippen LogP contribution in [0, 0.1) is 11.7 Å². The summed E-state index contributed by atoms with van der Waals surface area (Å²) in [5.41, 5.74) is -0.377. The van der Waals surface area contributed by atoms with Gasteiger partial charge in [0.15, 0.2) is 0 Å². The molecule has 1 fully saturated rings. The molecular formula is C16H23FN2O5S. The molecule has 0 aromatic heterocycles. The Hall–Kier alpha value is -1.55. The summed E-state index contributed by atoms with van der Waals surface area (Å²) in [5.74, 6) is -1.58. The molecule has 140 valence electrons. The van der Waals surface area contributed by atoms with E-state index in [0.717, 1.165) is 18.2 Å². The van der Waals surface area contributed by atoms with Gasteiger partial charge in [0.25, 0.3) is 5.91 Å².